The summed E-state index contributed by atoms with van der Waals surface area (Å²) in [4.78, 5) is 4.37. The monoisotopic (exact) mass is 320 g/mol. The van der Waals surface area contributed by atoms with Crippen molar-refractivity contribution in [1.29, 1.82) is 0 Å². The third kappa shape index (κ3) is 3.92. The maximum Gasteiger partial charge on any atom is 0.108 e. The fourth-order valence-corrected chi connectivity index (χ4v) is 2.94. The number of ether oxygens (including phenoxy) is 1. The summed E-state index contributed by atoms with van der Waals surface area (Å²) in [6.07, 6.45) is 5.69. The van der Waals surface area contributed by atoms with Crippen LogP contribution < -0.4 is 0 Å². The van der Waals surface area contributed by atoms with Crippen LogP contribution in [0.1, 0.15) is 35.0 Å². The summed E-state index contributed by atoms with van der Waals surface area (Å²) in [5, 5.41) is 0. The molecule has 0 N–H and O–H groups in total. The lowest BCUT2D eigenvalue weighted by Gasteiger charge is -2.21. The van der Waals surface area contributed by atoms with Gasteiger partial charge in [0, 0.05) is 32.5 Å². The van der Waals surface area contributed by atoms with Gasteiger partial charge >= 0.3 is 0 Å². The van der Waals surface area contributed by atoms with Crippen LogP contribution in [0.3, 0.4) is 0 Å². The molecular formula is C21H24N2O. The number of benzene rings is 2. The maximum atomic E-state index is 6.30. The van der Waals surface area contributed by atoms with Crippen molar-refractivity contribution < 1.29 is 4.74 Å². The van der Waals surface area contributed by atoms with Gasteiger partial charge in [0.2, 0.25) is 0 Å². The number of aryl methyl sites for hydroxylation is 3. The third-order valence-electron chi connectivity index (χ3n) is 4.32. The van der Waals surface area contributed by atoms with Crippen LogP contribution in [0, 0.1) is 6.92 Å². The van der Waals surface area contributed by atoms with Crippen molar-refractivity contribution >= 4 is 0 Å². The van der Waals surface area contributed by atoms with Gasteiger partial charge in [-0.2, -0.15) is 0 Å². The molecule has 3 rings (SSSR count). The Morgan fingerprint density at radius 2 is 1.79 bits per heavy atom. The zero-order valence-electron chi connectivity index (χ0n) is 14.4. The predicted molar refractivity (Wildman–Crippen MR) is 96.9 cm³/mol. The fraction of sp³-hybridized carbons (Fsp3) is 0.286. The van der Waals surface area contributed by atoms with Gasteiger partial charge in [0.15, 0.2) is 0 Å². The predicted octanol–water partition coefficient (Wildman–Crippen LogP) is 4.47. The summed E-state index contributed by atoms with van der Waals surface area (Å²) in [6, 6.07) is 18.9. The Morgan fingerprint density at radius 1 is 1.04 bits per heavy atom. The van der Waals surface area contributed by atoms with Gasteiger partial charge in [-0.3, -0.25) is 0 Å². The van der Waals surface area contributed by atoms with Crippen LogP contribution >= 0.6 is 0 Å². The van der Waals surface area contributed by atoms with Gasteiger partial charge in [-0.05, 0) is 30.0 Å². The zero-order valence-corrected chi connectivity index (χ0v) is 14.4. The number of imidazole rings is 1. The minimum absolute atomic E-state index is 0.0197. The van der Waals surface area contributed by atoms with Crippen LogP contribution in [0.25, 0.3) is 0 Å². The Balaban J connectivity index is 1.69. The first-order chi connectivity index (χ1) is 11.8. The smallest absolute Gasteiger partial charge is 0.108 e. The lowest BCUT2D eigenvalue weighted by atomic mass is 9.97. The first-order valence-electron chi connectivity index (χ1n) is 8.44. The molecule has 0 aliphatic carbocycles. The summed E-state index contributed by atoms with van der Waals surface area (Å²) in [7, 11) is 2.03. The second kappa shape index (κ2) is 7.93. The first kappa shape index (κ1) is 16.5. The molecule has 1 atom stereocenters. The first-order valence-corrected chi connectivity index (χ1v) is 8.44. The molecular weight excluding hydrogens is 296 g/mol. The SMILES string of the molecule is Cc1ccccc1C(OCCCc1nccn1C)c1ccccc1. The molecule has 0 radical (unpaired) electrons. The molecule has 2 aromatic carbocycles. The molecule has 0 bridgehead atoms. The van der Waals surface area contributed by atoms with E-state index in [1.165, 1.54) is 16.7 Å². The van der Waals surface area contributed by atoms with E-state index < -0.39 is 0 Å². The Hall–Kier alpha value is -2.39. The molecule has 3 heteroatoms. The van der Waals surface area contributed by atoms with E-state index in [4.69, 9.17) is 4.74 Å². The number of rotatable bonds is 7. The summed E-state index contributed by atoms with van der Waals surface area (Å²) in [5.74, 6) is 1.10. The normalized spacial score (nSPS) is 12.2. The number of nitrogens with zero attached hydrogens (tertiary/aromatic N) is 2. The lowest BCUT2D eigenvalue weighted by molar-refractivity contribution is 0.0776. The van der Waals surface area contributed by atoms with Gasteiger partial charge in [0.25, 0.3) is 0 Å². The molecule has 3 nitrogen and oxygen atoms in total. The quantitative estimate of drug-likeness (QED) is 0.601. The number of hydrogen-bond acceptors (Lipinski definition) is 2. The van der Waals surface area contributed by atoms with Gasteiger partial charge in [0.05, 0.1) is 0 Å². The minimum Gasteiger partial charge on any atom is -0.369 e. The van der Waals surface area contributed by atoms with E-state index in [2.05, 4.69) is 65.0 Å². The molecule has 0 amide bonds. The molecule has 0 aliphatic heterocycles. The molecule has 0 aliphatic rings. The second-order valence-electron chi connectivity index (χ2n) is 6.08. The Morgan fingerprint density at radius 3 is 2.50 bits per heavy atom. The molecule has 1 unspecified atom stereocenters. The maximum absolute atomic E-state index is 6.30. The number of hydrogen-bond donors (Lipinski definition) is 0. The standard InChI is InChI=1S/C21H24N2O/c1-17-9-6-7-12-19(17)21(18-10-4-3-5-11-18)24-16-8-13-20-22-14-15-23(20)2/h3-7,9-12,14-15,21H,8,13,16H2,1-2H3. The molecule has 1 aromatic heterocycles. The number of aromatic nitrogens is 2. The van der Waals surface area contributed by atoms with Crippen molar-refractivity contribution in [2.45, 2.75) is 25.9 Å². The summed E-state index contributed by atoms with van der Waals surface area (Å²) >= 11 is 0. The van der Waals surface area contributed by atoms with E-state index in [1.54, 1.807) is 0 Å². The molecule has 0 saturated carbocycles. The van der Waals surface area contributed by atoms with E-state index >= 15 is 0 Å². The molecule has 0 spiro atoms. The summed E-state index contributed by atoms with van der Waals surface area (Å²) in [6.45, 7) is 2.85. The van der Waals surface area contributed by atoms with Crippen LogP contribution in [0.15, 0.2) is 67.0 Å². The van der Waals surface area contributed by atoms with Gasteiger partial charge < -0.3 is 9.30 Å². The molecule has 0 saturated heterocycles. The van der Waals surface area contributed by atoms with E-state index in [-0.39, 0.29) is 6.10 Å². The van der Waals surface area contributed by atoms with Gasteiger partial charge in [-0.15, -0.1) is 0 Å². The van der Waals surface area contributed by atoms with Crippen molar-refractivity contribution in [3.05, 3.63) is 89.5 Å². The van der Waals surface area contributed by atoms with Crippen LogP contribution in [0.5, 0.6) is 0 Å². The van der Waals surface area contributed by atoms with Crippen LogP contribution in [-0.4, -0.2) is 16.2 Å². The summed E-state index contributed by atoms with van der Waals surface area (Å²) < 4.78 is 8.36. The highest BCUT2D eigenvalue weighted by Crippen LogP contribution is 2.28. The van der Waals surface area contributed by atoms with E-state index in [9.17, 15) is 0 Å². The average Bonchev–Trinajstić information content (AvgIpc) is 3.02. The molecule has 24 heavy (non-hydrogen) atoms. The van der Waals surface area contributed by atoms with Crippen molar-refractivity contribution in [2.24, 2.45) is 7.05 Å². The minimum atomic E-state index is -0.0197. The molecule has 3 aromatic rings. The van der Waals surface area contributed by atoms with E-state index in [1.807, 2.05) is 25.5 Å². The van der Waals surface area contributed by atoms with Gasteiger partial charge in [-0.25, -0.2) is 4.98 Å². The van der Waals surface area contributed by atoms with Crippen LogP contribution in [0.4, 0.5) is 0 Å². The molecule has 124 valence electrons. The third-order valence-corrected chi connectivity index (χ3v) is 4.32. The highest BCUT2D eigenvalue weighted by molar-refractivity contribution is 5.35. The largest absolute Gasteiger partial charge is 0.369 e. The van der Waals surface area contributed by atoms with Crippen molar-refractivity contribution in [3.63, 3.8) is 0 Å². The zero-order chi connectivity index (χ0) is 16.8. The summed E-state index contributed by atoms with van der Waals surface area (Å²) in [5.41, 5.74) is 3.69. The second-order valence-corrected chi connectivity index (χ2v) is 6.08. The van der Waals surface area contributed by atoms with Crippen molar-refractivity contribution in [2.75, 3.05) is 6.61 Å². The van der Waals surface area contributed by atoms with Gasteiger partial charge in [0.1, 0.15) is 11.9 Å². The van der Waals surface area contributed by atoms with E-state index in [0.29, 0.717) is 6.61 Å². The Labute approximate surface area is 143 Å². The topological polar surface area (TPSA) is 27.1 Å². The highest BCUT2D eigenvalue weighted by atomic mass is 16.5. The van der Waals surface area contributed by atoms with Crippen molar-refractivity contribution in [3.8, 4) is 0 Å². The van der Waals surface area contributed by atoms with Crippen LogP contribution in [-0.2, 0) is 18.2 Å². The van der Waals surface area contributed by atoms with Crippen LogP contribution in [0.2, 0.25) is 0 Å². The fourth-order valence-electron chi connectivity index (χ4n) is 2.94. The molecule has 0 fully saturated rings. The highest BCUT2D eigenvalue weighted by Gasteiger charge is 2.16. The van der Waals surface area contributed by atoms with Gasteiger partial charge in [-0.1, -0.05) is 54.6 Å². The average molecular weight is 320 g/mol. The Kier molecular flexibility index (Phi) is 5.44. The van der Waals surface area contributed by atoms with Crippen molar-refractivity contribution in [1.82, 2.24) is 9.55 Å². The molecule has 1 heterocycles. The Bertz CT molecular complexity index is 764. The lowest BCUT2D eigenvalue weighted by Crippen LogP contribution is -2.10. The van der Waals surface area contributed by atoms with E-state index in [0.717, 1.165) is 18.7 Å².